The Morgan fingerprint density at radius 2 is 2.11 bits per heavy atom. The average Bonchev–Trinajstić information content (AvgIpc) is 2.84. The van der Waals surface area contributed by atoms with E-state index in [1.165, 1.54) is 11.0 Å². The van der Waals surface area contributed by atoms with E-state index >= 15 is 0 Å². The summed E-state index contributed by atoms with van der Waals surface area (Å²) < 4.78 is 11.3. The van der Waals surface area contributed by atoms with Crippen molar-refractivity contribution in [2.75, 3.05) is 19.6 Å². The van der Waals surface area contributed by atoms with Crippen molar-refractivity contribution < 1.29 is 18.7 Å². The van der Waals surface area contributed by atoms with Gasteiger partial charge in [0.05, 0.1) is 11.9 Å². The van der Waals surface area contributed by atoms with Crippen LogP contribution in [0.3, 0.4) is 0 Å². The lowest BCUT2D eigenvalue weighted by Crippen LogP contribution is -2.43. The van der Waals surface area contributed by atoms with Crippen LogP contribution in [0.1, 0.15) is 31.4 Å². The van der Waals surface area contributed by atoms with Crippen LogP contribution in [0.2, 0.25) is 0 Å². The fourth-order valence-electron chi connectivity index (χ4n) is 3.33. The highest BCUT2D eigenvalue weighted by atomic mass is 16.5. The molecule has 0 aliphatic carbocycles. The quantitative estimate of drug-likeness (QED) is 0.827. The maximum Gasteiger partial charge on any atom is 0.336 e. The molecule has 144 valence electrons. The summed E-state index contributed by atoms with van der Waals surface area (Å²) in [5.41, 5.74) is 1.71. The van der Waals surface area contributed by atoms with E-state index in [1.807, 2.05) is 19.9 Å². The number of aryl methyl sites for hydroxylation is 2. The number of carbonyl (C=O) groups is 2. The van der Waals surface area contributed by atoms with Crippen molar-refractivity contribution >= 4 is 22.8 Å². The smallest absolute Gasteiger partial charge is 0.336 e. The maximum absolute atomic E-state index is 12.8. The van der Waals surface area contributed by atoms with Crippen LogP contribution in [0.4, 0.5) is 0 Å². The second-order valence-corrected chi connectivity index (χ2v) is 6.80. The SMILES string of the molecule is CCc1cc(=O)oc2cc(C)cc(OC(C)C(=O)N3CCCNC(=O)C3)c12. The van der Waals surface area contributed by atoms with Gasteiger partial charge in [0.15, 0.2) is 6.10 Å². The lowest BCUT2D eigenvalue weighted by atomic mass is 10.0. The van der Waals surface area contributed by atoms with Crippen LogP contribution in [-0.2, 0) is 16.0 Å². The number of hydrogen-bond acceptors (Lipinski definition) is 5. The molecule has 0 bridgehead atoms. The van der Waals surface area contributed by atoms with Crippen LogP contribution < -0.4 is 15.7 Å². The second kappa shape index (κ2) is 7.82. The number of rotatable bonds is 4. The minimum atomic E-state index is -0.766. The van der Waals surface area contributed by atoms with Gasteiger partial charge in [-0.1, -0.05) is 6.92 Å². The Balaban J connectivity index is 1.92. The monoisotopic (exact) mass is 372 g/mol. The Labute approximate surface area is 157 Å². The first-order chi connectivity index (χ1) is 12.9. The van der Waals surface area contributed by atoms with Gasteiger partial charge in [0.2, 0.25) is 5.91 Å². The minimum Gasteiger partial charge on any atom is -0.480 e. The van der Waals surface area contributed by atoms with E-state index in [2.05, 4.69) is 5.32 Å². The highest BCUT2D eigenvalue weighted by Gasteiger charge is 2.26. The van der Waals surface area contributed by atoms with Crippen molar-refractivity contribution in [3.8, 4) is 5.75 Å². The summed E-state index contributed by atoms with van der Waals surface area (Å²) in [7, 11) is 0. The third-order valence-corrected chi connectivity index (χ3v) is 4.64. The number of nitrogens with one attached hydrogen (secondary N) is 1. The molecule has 1 aliphatic heterocycles. The minimum absolute atomic E-state index is 0.0379. The summed E-state index contributed by atoms with van der Waals surface area (Å²) in [5, 5.41) is 3.46. The molecule has 2 aromatic rings. The molecule has 1 N–H and O–H groups in total. The summed E-state index contributed by atoms with van der Waals surface area (Å²) >= 11 is 0. The number of fused-ring (bicyclic) bond motifs is 1. The van der Waals surface area contributed by atoms with E-state index in [4.69, 9.17) is 9.15 Å². The first-order valence-corrected chi connectivity index (χ1v) is 9.18. The van der Waals surface area contributed by atoms with Gasteiger partial charge in [-0.3, -0.25) is 9.59 Å². The Bertz CT molecular complexity index is 934. The topological polar surface area (TPSA) is 88.8 Å². The van der Waals surface area contributed by atoms with Crippen LogP contribution >= 0.6 is 0 Å². The average molecular weight is 372 g/mol. The molecule has 27 heavy (non-hydrogen) atoms. The van der Waals surface area contributed by atoms with E-state index in [0.29, 0.717) is 42.6 Å². The second-order valence-electron chi connectivity index (χ2n) is 6.80. The molecule has 1 saturated heterocycles. The summed E-state index contributed by atoms with van der Waals surface area (Å²) in [6.07, 6.45) is 0.580. The maximum atomic E-state index is 12.8. The Morgan fingerprint density at radius 1 is 1.33 bits per heavy atom. The molecule has 7 heteroatoms. The molecule has 1 unspecified atom stereocenters. The predicted octanol–water partition coefficient (Wildman–Crippen LogP) is 1.78. The van der Waals surface area contributed by atoms with Crippen LogP contribution in [-0.4, -0.2) is 42.5 Å². The van der Waals surface area contributed by atoms with E-state index < -0.39 is 11.7 Å². The molecule has 0 radical (unpaired) electrons. The molecule has 1 fully saturated rings. The van der Waals surface area contributed by atoms with E-state index in [9.17, 15) is 14.4 Å². The van der Waals surface area contributed by atoms with Gasteiger partial charge in [0.25, 0.3) is 5.91 Å². The zero-order valence-corrected chi connectivity index (χ0v) is 15.8. The van der Waals surface area contributed by atoms with Gasteiger partial charge in [-0.25, -0.2) is 4.79 Å². The number of benzene rings is 1. The third-order valence-electron chi connectivity index (χ3n) is 4.64. The number of nitrogens with zero attached hydrogens (tertiary/aromatic N) is 1. The number of amides is 2. The molecule has 1 atom stereocenters. The zero-order chi connectivity index (χ0) is 19.6. The van der Waals surface area contributed by atoms with Gasteiger partial charge in [0, 0.05) is 19.2 Å². The first kappa shape index (κ1) is 18.9. The van der Waals surface area contributed by atoms with Crippen LogP contribution in [0.25, 0.3) is 11.0 Å². The molecule has 7 nitrogen and oxygen atoms in total. The summed E-state index contributed by atoms with van der Waals surface area (Å²) in [5.74, 6) is 0.104. The molecule has 1 aromatic heterocycles. The van der Waals surface area contributed by atoms with Crippen molar-refractivity contribution in [3.63, 3.8) is 0 Å². The number of ether oxygens (including phenoxy) is 1. The van der Waals surface area contributed by atoms with Crippen LogP contribution in [0.5, 0.6) is 5.75 Å². The van der Waals surface area contributed by atoms with Crippen molar-refractivity contribution in [3.05, 3.63) is 39.7 Å². The lowest BCUT2D eigenvalue weighted by molar-refractivity contribution is -0.140. The zero-order valence-electron chi connectivity index (χ0n) is 15.8. The Morgan fingerprint density at radius 3 is 2.85 bits per heavy atom. The van der Waals surface area contributed by atoms with E-state index in [0.717, 1.165) is 11.1 Å². The number of hydrogen-bond donors (Lipinski definition) is 1. The predicted molar refractivity (Wildman–Crippen MR) is 101 cm³/mol. The summed E-state index contributed by atoms with van der Waals surface area (Å²) in [6.45, 7) is 6.60. The largest absolute Gasteiger partial charge is 0.480 e. The molecule has 1 aliphatic rings. The Kier molecular flexibility index (Phi) is 5.48. The van der Waals surface area contributed by atoms with Gasteiger partial charge in [-0.15, -0.1) is 0 Å². The summed E-state index contributed by atoms with van der Waals surface area (Å²) in [4.78, 5) is 37.8. The Hall–Kier alpha value is -2.83. The molecular formula is C20H24N2O5. The van der Waals surface area contributed by atoms with Crippen molar-refractivity contribution in [1.82, 2.24) is 10.2 Å². The molecule has 2 heterocycles. The van der Waals surface area contributed by atoms with Gasteiger partial charge in [0.1, 0.15) is 11.3 Å². The molecule has 3 rings (SSSR count). The molecule has 0 saturated carbocycles. The van der Waals surface area contributed by atoms with Gasteiger partial charge in [-0.2, -0.15) is 0 Å². The first-order valence-electron chi connectivity index (χ1n) is 9.18. The van der Waals surface area contributed by atoms with Gasteiger partial charge in [-0.05, 0) is 49.9 Å². The van der Waals surface area contributed by atoms with Crippen LogP contribution in [0.15, 0.2) is 27.4 Å². The molecule has 1 aromatic carbocycles. The van der Waals surface area contributed by atoms with Crippen molar-refractivity contribution in [2.45, 2.75) is 39.7 Å². The molecule has 2 amide bonds. The number of carbonyl (C=O) groups excluding carboxylic acids is 2. The third kappa shape index (κ3) is 4.13. The van der Waals surface area contributed by atoms with Gasteiger partial charge < -0.3 is 19.4 Å². The lowest BCUT2D eigenvalue weighted by Gasteiger charge is -2.24. The fourth-order valence-corrected chi connectivity index (χ4v) is 3.33. The van der Waals surface area contributed by atoms with Crippen LogP contribution in [0, 0.1) is 6.92 Å². The fraction of sp³-hybridized carbons (Fsp3) is 0.450. The standard InChI is InChI=1S/C20H24N2O5/c1-4-14-10-18(24)27-16-9-12(2)8-15(19(14)16)26-13(3)20(25)22-7-5-6-21-17(23)11-22/h8-10,13H,4-7,11H2,1-3H3,(H,21,23). The molecular weight excluding hydrogens is 348 g/mol. The highest BCUT2D eigenvalue weighted by molar-refractivity contribution is 5.90. The van der Waals surface area contributed by atoms with E-state index in [-0.39, 0.29) is 18.4 Å². The normalized spacial score (nSPS) is 16.0. The van der Waals surface area contributed by atoms with Crippen molar-refractivity contribution in [1.29, 1.82) is 0 Å². The van der Waals surface area contributed by atoms with Crippen molar-refractivity contribution in [2.24, 2.45) is 0 Å². The highest BCUT2D eigenvalue weighted by Crippen LogP contribution is 2.31. The van der Waals surface area contributed by atoms with Gasteiger partial charge >= 0.3 is 5.63 Å². The molecule has 0 spiro atoms. The van der Waals surface area contributed by atoms with E-state index in [1.54, 1.807) is 13.0 Å². The summed E-state index contributed by atoms with van der Waals surface area (Å²) in [6, 6.07) is 5.07.